The summed E-state index contributed by atoms with van der Waals surface area (Å²) in [5.41, 5.74) is 4.42. The largest absolute Gasteiger partial charge is 0.392 e. The lowest BCUT2D eigenvalue weighted by Gasteiger charge is -2.36. The number of aliphatic hydroxyl groups excluding tert-OH is 1. The number of aliphatic hydroxyl groups is 1. The molecule has 3 atom stereocenters. The van der Waals surface area contributed by atoms with E-state index in [4.69, 9.17) is 9.47 Å². The van der Waals surface area contributed by atoms with E-state index in [0.717, 1.165) is 27.4 Å². The van der Waals surface area contributed by atoms with Crippen LogP contribution in [0.15, 0.2) is 84.3 Å². The molecule has 10 heteroatoms. The summed E-state index contributed by atoms with van der Waals surface area (Å²) in [6.45, 7) is 0.178. The normalized spacial score (nSPS) is 20.6. The molecule has 3 heterocycles. The molecule has 0 aliphatic carbocycles. The second-order valence-corrected chi connectivity index (χ2v) is 10.9. The van der Waals surface area contributed by atoms with E-state index in [1.165, 1.54) is 4.90 Å². The fourth-order valence-corrected chi connectivity index (χ4v) is 5.84. The van der Waals surface area contributed by atoms with Crippen LogP contribution in [0.25, 0.3) is 0 Å². The van der Waals surface area contributed by atoms with Crippen molar-refractivity contribution in [2.24, 2.45) is 7.05 Å². The Bertz CT molecular complexity index is 1490. The zero-order valence-corrected chi connectivity index (χ0v) is 22.7. The Kier molecular flexibility index (Phi) is 7.48. The van der Waals surface area contributed by atoms with Gasteiger partial charge in [0.15, 0.2) is 11.4 Å². The maximum atomic E-state index is 12.8. The number of aromatic nitrogens is 3. The Balaban J connectivity index is 1.18. The van der Waals surface area contributed by atoms with Crippen LogP contribution in [0.1, 0.15) is 61.8 Å². The fraction of sp³-hybridized carbons (Fsp3) is 0.267. The minimum absolute atomic E-state index is 0.0123. The lowest BCUT2D eigenvalue weighted by atomic mass is 10.0. The molecular weight excluding hydrogens is 528 g/mol. The number of hydrogen-bond donors (Lipinski definition) is 1. The van der Waals surface area contributed by atoms with E-state index in [9.17, 15) is 14.7 Å². The molecule has 9 nitrogen and oxygen atoms in total. The first-order valence-corrected chi connectivity index (χ1v) is 14.0. The lowest BCUT2D eigenvalue weighted by molar-refractivity contribution is -0.245. The number of aryl methyl sites for hydroxylation is 1. The van der Waals surface area contributed by atoms with Gasteiger partial charge in [-0.3, -0.25) is 14.5 Å². The van der Waals surface area contributed by atoms with Crippen LogP contribution < -0.4 is 0 Å². The summed E-state index contributed by atoms with van der Waals surface area (Å²) in [5.74, 6) is 0.124. The summed E-state index contributed by atoms with van der Waals surface area (Å²) >= 11 is 1.58. The highest BCUT2D eigenvalue weighted by molar-refractivity contribution is 7.99. The number of carbonyl (C=O) groups is 2. The first-order chi connectivity index (χ1) is 19.5. The van der Waals surface area contributed by atoms with Gasteiger partial charge in [0.2, 0.25) is 0 Å². The molecule has 0 bridgehead atoms. The summed E-state index contributed by atoms with van der Waals surface area (Å²) in [5, 5.41) is 18.4. The van der Waals surface area contributed by atoms with Gasteiger partial charge in [-0.25, -0.2) is 0 Å². The fourth-order valence-electron chi connectivity index (χ4n) is 4.94. The van der Waals surface area contributed by atoms with Crippen LogP contribution in [0.3, 0.4) is 0 Å². The first kappa shape index (κ1) is 26.4. The number of ether oxygens (including phenoxy) is 2. The Hall–Kier alpha value is -3.83. The van der Waals surface area contributed by atoms with Crippen LogP contribution in [-0.4, -0.2) is 48.4 Å². The topological polar surface area (TPSA) is 107 Å². The third-order valence-corrected chi connectivity index (χ3v) is 8.32. The Morgan fingerprint density at radius 1 is 0.900 bits per heavy atom. The number of nitrogens with zero attached hydrogens (tertiary/aromatic N) is 4. The highest BCUT2D eigenvalue weighted by atomic mass is 32.2. The van der Waals surface area contributed by atoms with Gasteiger partial charge in [-0.15, -0.1) is 10.2 Å². The molecule has 2 amide bonds. The highest BCUT2D eigenvalue weighted by Gasteiger charge is 2.35. The van der Waals surface area contributed by atoms with E-state index in [1.807, 2.05) is 60.1 Å². The SMILES string of the molecule is Cn1cnnc1SC[C@H]1C[C@@H](c2ccc(CO)cc2)O[C@@H](c2ccc(CN3C(=O)c4ccccc4C3=O)cc2)O1. The maximum absolute atomic E-state index is 12.8. The van der Waals surface area contributed by atoms with Crippen molar-refractivity contribution in [3.05, 3.63) is 113 Å². The van der Waals surface area contributed by atoms with Gasteiger partial charge in [0.05, 0.1) is 36.5 Å². The molecule has 40 heavy (non-hydrogen) atoms. The van der Waals surface area contributed by atoms with E-state index in [0.29, 0.717) is 23.3 Å². The van der Waals surface area contributed by atoms with E-state index < -0.39 is 6.29 Å². The van der Waals surface area contributed by atoms with E-state index >= 15 is 0 Å². The Morgan fingerprint density at radius 2 is 1.55 bits per heavy atom. The number of imide groups is 1. The van der Waals surface area contributed by atoms with Gasteiger partial charge in [0, 0.05) is 24.8 Å². The average Bonchev–Trinajstić information content (AvgIpc) is 3.52. The molecule has 2 aliphatic heterocycles. The number of fused-ring (bicyclic) bond motifs is 1. The van der Waals surface area contributed by atoms with Crippen LogP contribution >= 0.6 is 11.8 Å². The molecule has 1 N–H and O–H groups in total. The predicted octanol–water partition coefficient (Wildman–Crippen LogP) is 4.44. The summed E-state index contributed by atoms with van der Waals surface area (Å²) in [7, 11) is 1.91. The standard InChI is InChI=1S/C30H28N4O5S/c1-33-18-31-32-30(33)40-17-23-14-26(21-10-8-20(16-35)9-11-21)39-29(38-23)22-12-6-19(7-13-22)15-34-27(36)24-4-2-3-5-25(24)28(34)37/h2-13,18,23,26,29,35H,14-17H2,1H3/t23-,26+,29+/m1/s1. The molecule has 0 saturated carbocycles. The number of benzene rings is 3. The van der Waals surface area contributed by atoms with Crippen molar-refractivity contribution in [3.63, 3.8) is 0 Å². The van der Waals surface area contributed by atoms with Gasteiger partial charge in [0.25, 0.3) is 11.8 Å². The van der Waals surface area contributed by atoms with Gasteiger partial charge in [-0.05, 0) is 28.8 Å². The van der Waals surface area contributed by atoms with Gasteiger partial charge >= 0.3 is 0 Å². The van der Waals surface area contributed by atoms with Crippen LogP contribution in [0.4, 0.5) is 0 Å². The summed E-state index contributed by atoms with van der Waals surface area (Å²) in [4.78, 5) is 26.8. The number of amides is 2. The molecule has 1 saturated heterocycles. The monoisotopic (exact) mass is 556 g/mol. The second kappa shape index (κ2) is 11.3. The van der Waals surface area contributed by atoms with Gasteiger partial charge in [-0.1, -0.05) is 72.4 Å². The molecule has 1 aromatic heterocycles. The zero-order chi connectivity index (χ0) is 27.6. The van der Waals surface area contributed by atoms with Crippen molar-refractivity contribution >= 4 is 23.6 Å². The molecular formula is C30H28N4O5S. The van der Waals surface area contributed by atoms with Crippen LogP contribution in [0.2, 0.25) is 0 Å². The second-order valence-electron chi connectivity index (χ2n) is 9.87. The molecule has 6 rings (SSSR count). The number of hydrogen-bond acceptors (Lipinski definition) is 8. The van der Waals surface area contributed by atoms with E-state index in [-0.39, 0.29) is 37.2 Å². The third-order valence-electron chi connectivity index (χ3n) is 7.15. The molecule has 1 fully saturated rings. The van der Waals surface area contributed by atoms with Gasteiger partial charge < -0.3 is 19.1 Å². The Labute approximate surface area is 235 Å². The average molecular weight is 557 g/mol. The number of thioether (sulfide) groups is 1. The van der Waals surface area contributed by atoms with Crippen molar-refractivity contribution in [3.8, 4) is 0 Å². The predicted molar refractivity (Wildman–Crippen MR) is 147 cm³/mol. The van der Waals surface area contributed by atoms with E-state index in [2.05, 4.69) is 10.2 Å². The maximum Gasteiger partial charge on any atom is 0.261 e. The quantitative estimate of drug-likeness (QED) is 0.251. The minimum atomic E-state index is -0.602. The molecule has 2 aliphatic rings. The molecule has 3 aromatic carbocycles. The third kappa shape index (κ3) is 5.31. The smallest absolute Gasteiger partial charge is 0.261 e. The first-order valence-electron chi connectivity index (χ1n) is 13.0. The summed E-state index contributed by atoms with van der Waals surface area (Å²) in [6, 6.07) is 22.3. The van der Waals surface area contributed by atoms with Crippen LogP contribution in [0.5, 0.6) is 0 Å². The van der Waals surface area contributed by atoms with Crippen molar-refractivity contribution in [1.82, 2.24) is 19.7 Å². The Morgan fingerprint density at radius 3 is 2.17 bits per heavy atom. The van der Waals surface area contributed by atoms with Gasteiger partial charge in [0.1, 0.15) is 6.33 Å². The zero-order valence-electron chi connectivity index (χ0n) is 21.8. The molecule has 204 valence electrons. The molecule has 0 radical (unpaired) electrons. The number of rotatable bonds is 8. The number of carbonyl (C=O) groups excluding carboxylic acids is 2. The van der Waals surface area contributed by atoms with Crippen LogP contribution in [-0.2, 0) is 29.7 Å². The summed E-state index contributed by atoms with van der Waals surface area (Å²) in [6.07, 6.45) is 1.42. The van der Waals surface area contributed by atoms with Gasteiger partial charge in [-0.2, -0.15) is 0 Å². The van der Waals surface area contributed by atoms with Crippen molar-refractivity contribution in [1.29, 1.82) is 0 Å². The van der Waals surface area contributed by atoms with E-state index in [1.54, 1.807) is 42.4 Å². The lowest BCUT2D eigenvalue weighted by Crippen LogP contribution is -2.31. The molecule has 0 spiro atoms. The van der Waals surface area contributed by atoms with Crippen molar-refractivity contribution in [2.75, 3.05) is 5.75 Å². The molecule has 0 unspecified atom stereocenters. The molecule has 4 aromatic rings. The van der Waals surface area contributed by atoms with Crippen LogP contribution in [0, 0.1) is 0 Å². The highest BCUT2D eigenvalue weighted by Crippen LogP contribution is 2.39. The van der Waals surface area contributed by atoms with Crippen molar-refractivity contribution < 1.29 is 24.2 Å². The van der Waals surface area contributed by atoms with Crippen molar-refractivity contribution in [2.45, 2.75) is 43.2 Å². The minimum Gasteiger partial charge on any atom is -0.392 e. The summed E-state index contributed by atoms with van der Waals surface area (Å²) < 4.78 is 14.7.